The smallest absolute Gasteiger partial charge is 0.170 e. The molecular weight excluding hydrogens is 268 g/mol. The number of rotatable bonds is 3. The van der Waals surface area contributed by atoms with E-state index >= 15 is 0 Å². The molecule has 0 saturated carbocycles. The van der Waals surface area contributed by atoms with Crippen molar-refractivity contribution in [3.8, 4) is 11.8 Å². The van der Waals surface area contributed by atoms with Crippen LogP contribution < -0.4 is 4.74 Å². The van der Waals surface area contributed by atoms with Gasteiger partial charge in [0.25, 0.3) is 0 Å². The van der Waals surface area contributed by atoms with Crippen LogP contribution in [0.2, 0.25) is 0 Å². The highest BCUT2D eigenvalue weighted by molar-refractivity contribution is 5.45. The molecule has 112 valence electrons. The first-order valence-corrected chi connectivity index (χ1v) is 7.32. The molecule has 0 atom stereocenters. The molecule has 2 heterocycles. The van der Waals surface area contributed by atoms with Gasteiger partial charge in [-0.2, -0.15) is 5.26 Å². The first-order valence-electron chi connectivity index (χ1n) is 7.32. The van der Waals surface area contributed by atoms with Crippen LogP contribution in [0.5, 0.6) is 5.75 Å². The molecule has 0 amide bonds. The molecule has 1 aromatic rings. The first-order chi connectivity index (χ1) is 10.2. The van der Waals surface area contributed by atoms with Crippen molar-refractivity contribution in [3.63, 3.8) is 0 Å². The molecule has 2 aliphatic rings. The first kappa shape index (κ1) is 14.3. The Bertz CT molecular complexity index is 537. The fourth-order valence-corrected chi connectivity index (χ4v) is 3.02. The normalized spacial score (nSPS) is 21.3. The van der Waals surface area contributed by atoms with Gasteiger partial charge in [-0.05, 0) is 17.7 Å². The molecule has 5 nitrogen and oxygen atoms in total. The van der Waals surface area contributed by atoms with Crippen LogP contribution in [0.4, 0.5) is 0 Å². The standard InChI is InChI=1S/C16H20N2O3/c1-19-15-10-13(2-3-14(15)11-17)12-18-6-4-16(5-7-18)20-8-9-21-16/h2-3,10H,4-9,12H2,1H3. The van der Waals surface area contributed by atoms with Gasteiger partial charge in [-0.25, -0.2) is 0 Å². The predicted molar refractivity (Wildman–Crippen MR) is 76.9 cm³/mol. The van der Waals surface area contributed by atoms with Gasteiger partial charge in [0.1, 0.15) is 11.8 Å². The summed E-state index contributed by atoms with van der Waals surface area (Å²) in [4.78, 5) is 2.39. The van der Waals surface area contributed by atoms with E-state index in [1.807, 2.05) is 18.2 Å². The molecule has 0 aromatic heterocycles. The van der Waals surface area contributed by atoms with Gasteiger partial charge in [-0.3, -0.25) is 4.90 Å². The minimum atomic E-state index is -0.321. The molecule has 0 bridgehead atoms. The molecule has 1 spiro atoms. The lowest BCUT2D eigenvalue weighted by molar-refractivity contribution is -0.185. The summed E-state index contributed by atoms with van der Waals surface area (Å²) in [5.74, 6) is 0.324. The van der Waals surface area contributed by atoms with Crippen LogP contribution in [0.25, 0.3) is 0 Å². The lowest BCUT2D eigenvalue weighted by atomic mass is 10.0. The lowest BCUT2D eigenvalue weighted by Crippen LogP contribution is -2.44. The van der Waals surface area contributed by atoms with Crippen LogP contribution >= 0.6 is 0 Å². The minimum Gasteiger partial charge on any atom is -0.495 e. The van der Waals surface area contributed by atoms with Gasteiger partial charge in [-0.1, -0.05) is 6.07 Å². The average Bonchev–Trinajstić information content (AvgIpc) is 2.98. The summed E-state index contributed by atoms with van der Waals surface area (Å²) < 4.78 is 16.7. The van der Waals surface area contributed by atoms with Gasteiger partial charge in [0.2, 0.25) is 0 Å². The van der Waals surface area contributed by atoms with Gasteiger partial charge >= 0.3 is 0 Å². The van der Waals surface area contributed by atoms with E-state index in [4.69, 9.17) is 19.5 Å². The predicted octanol–water partition coefficient (Wildman–Crippen LogP) is 1.91. The molecule has 2 aliphatic heterocycles. The fraction of sp³-hybridized carbons (Fsp3) is 0.562. The number of hydrogen-bond donors (Lipinski definition) is 0. The van der Waals surface area contributed by atoms with Gasteiger partial charge in [-0.15, -0.1) is 0 Å². The number of nitriles is 1. The van der Waals surface area contributed by atoms with Crippen molar-refractivity contribution in [2.24, 2.45) is 0 Å². The minimum absolute atomic E-state index is 0.321. The lowest BCUT2D eigenvalue weighted by Gasteiger charge is -2.37. The molecule has 3 rings (SSSR count). The molecule has 0 N–H and O–H groups in total. The van der Waals surface area contributed by atoms with Crippen molar-refractivity contribution >= 4 is 0 Å². The fourth-order valence-electron chi connectivity index (χ4n) is 3.02. The number of likely N-dealkylation sites (tertiary alicyclic amines) is 1. The highest BCUT2D eigenvalue weighted by atomic mass is 16.7. The number of ether oxygens (including phenoxy) is 3. The Morgan fingerprint density at radius 3 is 2.62 bits per heavy atom. The average molecular weight is 288 g/mol. The van der Waals surface area contributed by atoms with Gasteiger partial charge in [0, 0.05) is 32.5 Å². The molecule has 0 unspecified atom stereocenters. The van der Waals surface area contributed by atoms with Crippen molar-refractivity contribution in [1.29, 1.82) is 5.26 Å². The monoisotopic (exact) mass is 288 g/mol. The van der Waals surface area contributed by atoms with Crippen LogP contribution in [0.15, 0.2) is 18.2 Å². The van der Waals surface area contributed by atoms with Crippen molar-refractivity contribution in [1.82, 2.24) is 4.90 Å². The molecule has 2 fully saturated rings. The van der Waals surface area contributed by atoms with Gasteiger partial charge < -0.3 is 14.2 Å². The number of nitrogens with zero attached hydrogens (tertiary/aromatic N) is 2. The molecule has 21 heavy (non-hydrogen) atoms. The van der Waals surface area contributed by atoms with Crippen molar-refractivity contribution in [3.05, 3.63) is 29.3 Å². The number of piperidine rings is 1. The Kier molecular flexibility index (Phi) is 4.11. The van der Waals surface area contributed by atoms with E-state index in [-0.39, 0.29) is 5.79 Å². The molecule has 0 radical (unpaired) electrons. The maximum absolute atomic E-state index is 9.01. The Labute approximate surface area is 125 Å². The molecule has 1 aromatic carbocycles. The highest BCUT2D eigenvalue weighted by Gasteiger charge is 2.39. The second-order valence-corrected chi connectivity index (χ2v) is 5.53. The summed E-state index contributed by atoms with van der Waals surface area (Å²) >= 11 is 0. The molecule has 5 heteroatoms. The maximum Gasteiger partial charge on any atom is 0.170 e. The van der Waals surface area contributed by atoms with Crippen molar-refractivity contribution in [2.75, 3.05) is 33.4 Å². The van der Waals surface area contributed by atoms with Crippen LogP contribution in [0.1, 0.15) is 24.0 Å². The Hall–Kier alpha value is -1.61. The van der Waals surface area contributed by atoms with E-state index in [0.29, 0.717) is 24.5 Å². The highest BCUT2D eigenvalue weighted by Crippen LogP contribution is 2.32. The topological polar surface area (TPSA) is 54.7 Å². The quantitative estimate of drug-likeness (QED) is 0.850. The van der Waals surface area contributed by atoms with Crippen LogP contribution in [-0.2, 0) is 16.0 Å². The van der Waals surface area contributed by atoms with E-state index in [2.05, 4.69) is 11.0 Å². The zero-order valence-electron chi connectivity index (χ0n) is 12.3. The van der Waals surface area contributed by atoms with Gasteiger partial charge in [0.15, 0.2) is 5.79 Å². The van der Waals surface area contributed by atoms with E-state index in [1.54, 1.807) is 7.11 Å². The van der Waals surface area contributed by atoms with Crippen LogP contribution in [0.3, 0.4) is 0 Å². The van der Waals surface area contributed by atoms with E-state index in [9.17, 15) is 0 Å². The second-order valence-electron chi connectivity index (χ2n) is 5.53. The molecule has 2 saturated heterocycles. The Balaban J connectivity index is 1.61. The number of methoxy groups -OCH3 is 1. The summed E-state index contributed by atoms with van der Waals surface area (Å²) in [5, 5.41) is 9.01. The summed E-state index contributed by atoms with van der Waals surface area (Å²) in [5.41, 5.74) is 1.74. The molecule has 0 aliphatic carbocycles. The van der Waals surface area contributed by atoms with Crippen molar-refractivity contribution in [2.45, 2.75) is 25.2 Å². The summed E-state index contributed by atoms with van der Waals surface area (Å²) in [7, 11) is 1.60. The summed E-state index contributed by atoms with van der Waals surface area (Å²) in [6.07, 6.45) is 1.83. The Morgan fingerprint density at radius 1 is 1.29 bits per heavy atom. The zero-order chi connectivity index (χ0) is 14.7. The van der Waals surface area contributed by atoms with Crippen molar-refractivity contribution < 1.29 is 14.2 Å². The third kappa shape index (κ3) is 3.03. The largest absolute Gasteiger partial charge is 0.495 e. The van der Waals surface area contributed by atoms with E-state index in [0.717, 1.165) is 38.0 Å². The second kappa shape index (κ2) is 6.02. The number of hydrogen-bond acceptors (Lipinski definition) is 5. The molecular formula is C16H20N2O3. The summed E-state index contributed by atoms with van der Waals surface area (Å²) in [6, 6.07) is 7.90. The third-order valence-electron chi connectivity index (χ3n) is 4.22. The van der Waals surface area contributed by atoms with Gasteiger partial charge in [0.05, 0.1) is 25.9 Å². The maximum atomic E-state index is 9.01. The van der Waals surface area contributed by atoms with Crippen LogP contribution in [-0.4, -0.2) is 44.1 Å². The zero-order valence-corrected chi connectivity index (χ0v) is 12.3. The SMILES string of the molecule is COc1cc(CN2CCC3(CC2)OCCO3)ccc1C#N. The Morgan fingerprint density at radius 2 is 2.00 bits per heavy atom. The van der Waals surface area contributed by atoms with E-state index < -0.39 is 0 Å². The van der Waals surface area contributed by atoms with E-state index in [1.165, 1.54) is 0 Å². The number of benzene rings is 1. The third-order valence-corrected chi connectivity index (χ3v) is 4.22. The summed E-state index contributed by atoms with van der Waals surface area (Å²) in [6.45, 7) is 4.21. The van der Waals surface area contributed by atoms with Crippen LogP contribution in [0, 0.1) is 11.3 Å².